The Morgan fingerprint density at radius 2 is 1.66 bits per heavy atom. The molecule has 0 saturated heterocycles. The summed E-state index contributed by atoms with van der Waals surface area (Å²) in [5.74, 6) is 0.0584. The fourth-order valence-corrected chi connectivity index (χ4v) is 3.50. The molecule has 0 fully saturated rings. The van der Waals surface area contributed by atoms with Gasteiger partial charge in [0.05, 0.1) is 20.0 Å². The number of rotatable bonds is 13. The first-order chi connectivity index (χ1) is 14.9. The molecule has 2 N–H and O–H groups in total. The number of hydrogen-bond donors (Lipinski definition) is 2. The average molecular weight is 473 g/mol. The topological polar surface area (TPSA) is 120 Å². The molecule has 1 aromatic carbocycles. The van der Waals surface area contributed by atoms with E-state index in [1.54, 1.807) is 24.3 Å². The van der Waals surface area contributed by atoms with Gasteiger partial charge < -0.3 is 19.5 Å². The lowest BCUT2D eigenvalue weighted by Crippen LogP contribution is -2.42. The standard InChI is InChI=1S/C22H36N2O7S/c1-22(2,3)31-21(26)23-14-8-6-7-9-15-30-18-12-10-17(11-13-18)16-19(20(25)29-4)24-32(5,27)28/h10-13,19,24H,6-9,14-16H2,1-5H3,(H,23,26)/t19-/m0/s1. The minimum absolute atomic E-state index is 0.178. The molecule has 0 aliphatic heterocycles. The quantitative estimate of drug-likeness (QED) is 0.335. The van der Waals surface area contributed by atoms with Crippen LogP contribution in [0.1, 0.15) is 52.0 Å². The van der Waals surface area contributed by atoms with Gasteiger partial charge in [0.1, 0.15) is 17.4 Å². The summed E-state index contributed by atoms with van der Waals surface area (Å²) in [6, 6.07) is 6.17. The van der Waals surface area contributed by atoms with Crippen molar-refractivity contribution >= 4 is 22.1 Å². The molecule has 0 radical (unpaired) electrons. The van der Waals surface area contributed by atoms with Gasteiger partial charge in [0, 0.05) is 6.54 Å². The van der Waals surface area contributed by atoms with Crippen LogP contribution in [0.4, 0.5) is 4.79 Å². The first kappa shape index (κ1) is 27.7. The van der Waals surface area contributed by atoms with Crippen LogP contribution in [0, 0.1) is 0 Å². The van der Waals surface area contributed by atoms with E-state index in [9.17, 15) is 18.0 Å². The lowest BCUT2D eigenvalue weighted by molar-refractivity contribution is -0.142. The number of carbonyl (C=O) groups is 2. The molecule has 1 atom stereocenters. The molecule has 0 spiro atoms. The van der Waals surface area contributed by atoms with Crippen LogP contribution in [0.15, 0.2) is 24.3 Å². The highest BCUT2D eigenvalue weighted by Gasteiger charge is 2.23. The van der Waals surface area contributed by atoms with Crippen LogP contribution in [0.5, 0.6) is 5.75 Å². The van der Waals surface area contributed by atoms with E-state index in [0.717, 1.165) is 37.5 Å². The van der Waals surface area contributed by atoms with Crippen LogP contribution in [0.3, 0.4) is 0 Å². The van der Waals surface area contributed by atoms with Crippen molar-refractivity contribution in [1.82, 2.24) is 10.0 Å². The Bertz CT molecular complexity index is 818. The third-order valence-electron chi connectivity index (χ3n) is 4.21. The number of ether oxygens (including phenoxy) is 3. The van der Waals surface area contributed by atoms with Gasteiger partial charge in [0.15, 0.2) is 0 Å². The predicted octanol–water partition coefficient (Wildman–Crippen LogP) is 2.78. The van der Waals surface area contributed by atoms with E-state index in [4.69, 9.17) is 9.47 Å². The van der Waals surface area contributed by atoms with Gasteiger partial charge in [-0.05, 0) is 57.7 Å². The molecule has 32 heavy (non-hydrogen) atoms. The van der Waals surface area contributed by atoms with Crippen molar-refractivity contribution in [3.63, 3.8) is 0 Å². The molecule has 0 bridgehead atoms. The maximum Gasteiger partial charge on any atom is 0.407 e. The normalized spacial score (nSPS) is 12.7. The van der Waals surface area contributed by atoms with Crippen LogP contribution >= 0.6 is 0 Å². The minimum Gasteiger partial charge on any atom is -0.494 e. The van der Waals surface area contributed by atoms with E-state index in [1.165, 1.54) is 7.11 Å². The van der Waals surface area contributed by atoms with Crippen molar-refractivity contribution in [2.24, 2.45) is 0 Å². The first-order valence-corrected chi connectivity index (χ1v) is 12.5. The van der Waals surface area contributed by atoms with Gasteiger partial charge >= 0.3 is 12.1 Å². The summed E-state index contributed by atoms with van der Waals surface area (Å²) < 4.78 is 40.8. The Labute approximate surface area is 191 Å². The minimum atomic E-state index is -3.54. The third kappa shape index (κ3) is 13.2. The Morgan fingerprint density at radius 1 is 1.03 bits per heavy atom. The van der Waals surface area contributed by atoms with Crippen LogP contribution in [0.25, 0.3) is 0 Å². The zero-order valence-corrected chi connectivity index (χ0v) is 20.4. The predicted molar refractivity (Wildman–Crippen MR) is 122 cm³/mol. The van der Waals surface area contributed by atoms with Crippen molar-refractivity contribution in [3.05, 3.63) is 29.8 Å². The highest BCUT2D eigenvalue weighted by molar-refractivity contribution is 7.88. The van der Waals surface area contributed by atoms with Crippen molar-refractivity contribution in [2.75, 3.05) is 26.5 Å². The number of unbranched alkanes of at least 4 members (excludes halogenated alkanes) is 3. The summed E-state index contributed by atoms with van der Waals surface area (Å²) in [5.41, 5.74) is 0.289. The van der Waals surface area contributed by atoms with E-state index < -0.39 is 33.7 Å². The first-order valence-electron chi connectivity index (χ1n) is 10.6. The average Bonchev–Trinajstić information content (AvgIpc) is 2.67. The van der Waals surface area contributed by atoms with E-state index in [2.05, 4.69) is 14.8 Å². The third-order valence-corrected chi connectivity index (χ3v) is 4.93. The smallest absolute Gasteiger partial charge is 0.407 e. The Morgan fingerprint density at radius 3 is 2.22 bits per heavy atom. The fraction of sp³-hybridized carbons (Fsp3) is 0.636. The van der Waals surface area contributed by atoms with Crippen molar-refractivity contribution in [1.29, 1.82) is 0 Å². The van der Waals surface area contributed by atoms with Crippen molar-refractivity contribution in [2.45, 2.75) is 64.5 Å². The van der Waals surface area contributed by atoms with Crippen LogP contribution in [0.2, 0.25) is 0 Å². The molecule has 0 saturated carbocycles. The number of methoxy groups -OCH3 is 1. The number of carbonyl (C=O) groups excluding carboxylic acids is 2. The maximum absolute atomic E-state index is 11.8. The number of esters is 1. The molecule has 0 aliphatic rings. The highest BCUT2D eigenvalue weighted by Crippen LogP contribution is 2.15. The van der Waals surface area contributed by atoms with Gasteiger partial charge in [-0.25, -0.2) is 17.9 Å². The number of nitrogens with one attached hydrogen (secondary N) is 2. The second-order valence-corrected chi connectivity index (χ2v) is 10.3. The molecule has 0 unspecified atom stereocenters. The number of hydrogen-bond acceptors (Lipinski definition) is 7. The molecule has 1 aromatic rings. The zero-order valence-electron chi connectivity index (χ0n) is 19.6. The number of benzene rings is 1. The molecule has 1 amide bonds. The molecule has 0 heterocycles. The fourth-order valence-electron chi connectivity index (χ4n) is 2.81. The molecule has 0 aliphatic carbocycles. The van der Waals surface area contributed by atoms with Crippen molar-refractivity contribution in [3.8, 4) is 5.75 Å². The summed E-state index contributed by atoms with van der Waals surface area (Å²) in [4.78, 5) is 23.4. The number of amides is 1. The van der Waals surface area contributed by atoms with Crippen molar-refractivity contribution < 1.29 is 32.2 Å². The number of alkyl carbamates (subject to hydrolysis) is 1. The maximum atomic E-state index is 11.8. The SMILES string of the molecule is COC(=O)[C@H](Cc1ccc(OCCCCCCNC(=O)OC(C)(C)C)cc1)NS(C)(=O)=O. The summed E-state index contributed by atoms with van der Waals surface area (Å²) in [5, 5.41) is 2.74. The lowest BCUT2D eigenvalue weighted by atomic mass is 10.1. The van der Waals surface area contributed by atoms with Gasteiger partial charge in [0.25, 0.3) is 0 Å². The van der Waals surface area contributed by atoms with Crippen LogP contribution < -0.4 is 14.8 Å². The van der Waals surface area contributed by atoms with E-state index in [0.29, 0.717) is 18.9 Å². The van der Waals surface area contributed by atoms with Gasteiger partial charge in [-0.2, -0.15) is 0 Å². The lowest BCUT2D eigenvalue weighted by Gasteiger charge is -2.19. The molecule has 10 heteroatoms. The Balaban J connectivity index is 2.28. The largest absolute Gasteiger partial charge is 0.494 e. The molecule has 9 nitrogen and oxygen atoms in total. The molecule has 0 aromatic heterocycles. The van der Waals surface area contributed by atoms with E-state index in [-0.39, 0.29) is 6.42 Å². The van der Waals surface area contributed by atoms with Gasteiger partial charge in [0.2, 0.25) is 10.0 Å². The second kappa shape index (κ2) is 13.3. The summed E-state index contributed by atoms with van der Waals surface area (Å²) in [6.45, 7) is 6.64. The summed E-state index contributed by atoms with van der Waals surface area (Å²) in [6.07, 6.45) is 4.49. The molecule has 1 rings (SSSR count). The van der Waals surface area contributed by atoms with E-state index >= 15 is 0 Å². The van der Waals surface area contributed by atoms with Gasteiger partial charge in [-0.3, -0.25) is 4.79 Å². The van der Waals surface area contributed by atoms with Crippen LogP contribution in [-0.2, 0) is 30.7 Å². The highest BCUT2D eigenvalue weighted by atomic mass is 32.2. The molecular formula is C22H36N2O7S. The number of sulfonamides is 1. The van der Waals surface area contributed by atoms with Gasteiger partial charge in [-0.1, -0.05) is 25.0 Å². The monoisotopic (exact) mass is 472 g/mol. The molecular weight excluding hydrogens is 436 g/mol. The zero-order chi connectivity index (χ0) is 24.2. The van der Waals surface area contributed by atoms with E-state index in [1.807, 2.05) is 20.8 Å². The molecule has 182 valence electrons. The Kier molecular flexibility index (Phi) is 11.5. The van der Waals surface area contributed by atoms with Crippen LogP contribution in [-0.4, -0.2) is 58.6 Å². The van der Waals surface area contributed by atoms with Gasteiger partial charge in [-0.15, -0.1) is 0 Å². The summed E-state index contributed by atoms with van der Waals surface area (Å²) in [7, 11) is -2.33. The second-order valence-electron chi connectivity index (χ2n) is 8.51. The summed E-state index contributed by atoms with van der Waals surface area (Å²) >= 11 is 0. The Hall–Kier alpha value is -2.33.